The van der Waals surface area contributed by atoms with Crippen LogP contribution in [0.15, 0.2) is 122 Å². The molecule has 7 rings (SSSR count). The number of aromatic nitrogens is 3. The molecule has 0 atom stereocenters. The molecule has 9 nitrogen and oxygen atoms in total. The van der Waals surface area contributed by atoms with E-state index in [1.807, 2.05) is 125 Å². The van der Waals surface area contributed by atoms with E-state index in [-0.39, 0.29) is 24.3 Å². The largest absolute Gasteiger partial charge is 0.332 e. The van der Waals surface area contributed by atoms with Crippen LogP contribution < -0.4 is 10.2 Å². The number of amides is 3. The number of hydrogen-bond acceptors (Lipinski definition) is 4. The van der Waals surface area contributed by atoms with Crippen LogP contribution in [0.2, 0.25) is 0 Å². The van der Waals surface area contributed by atoms with Gasteiger partial charge in [0.05, 0.1) is 41.2 Å². The van der Waals surface area contributed by atoms with Crippen molar-refractivity contribution >= 4 is 40.0 Å². The highest BCUT2D eigenvalue weighted by atomic mass is 16.2. The number of benzene rings is 4. The number of anilines is 2. The van der Waals surface area contributed by atoms with Gasteiger partial charge in [0, 0.05) is 24.8 Å². The average molecular weight is 595 g/mol. The summed E-state index contributed by atoms with van der Waals surface area (Å²) in [4.78, 5) is 42.6. The van der Waals surface area contributed by atoms with Crippen LogP contribution in [0.3, 0.4) is 0 Å². The summed E-state index contributed by atoms with van der Waals surface area (Å²) in [5.41, 5.74) is 5.82. The number of fused-ring (bicyclic) bond motifs is 2. The molecule has 222 valence electrons. The average Bonchev–Trinajstić information content (AvgIpc) is 3.71. The number of nitrogens with zero attached hydrogens (tertiary/aromatic N) is 5. The van der Waals surface area contributed by atoms with Crippen molar-refractivity contribution in [2.24, 2.45) is 0 Å². The summed E-state index contributed by atoms with van der Waals surface area (Å²) < 4.78 is 3.79. The van der Waals surface area contributed by atoms with E-state index in [2.05, 4.69) is 5.32 Å². The minimum absolute atomic E-state index is 0.0197. The van der Waals surface area contributed by atoms with Gasteiger partial charge < -0.3 is 19.7 Å². The van der Waals surface area contributed by atoms with Crippen molar-refractivity contribution in [2.75, 3.05) is 23.8 Å². The zero-order valence-electron chi connectivity index (χ0n) is 24.6. The molecular weight excluding hydrogens is 564 g/mol. The van der Waals surface area contributed by atoms with Crippen LogP contribution in [0.1, 0.15) is 32.0 Å². The van der Waals surface area contributed by atoms with E-state index in [4.69, 9.17) is 5.10 Å². The number of para-hydroxylation sites is 4. The Morgan fingerprint density at radius 1 is 0.756 bits per heavy atom. The van der Waals surface area contributed by atoms with Crippen molar-refractivity contribution in [1.29, 1.82) is 0 Å². The number of rotatable bonds is 7. The molecule has 0 saturated carbocycles. The lowest BCUT2D eigenvalue weighted by Crippen LogP contribution is -2.37. The molecule has 0 saturated heterocycles. The maximum atomic E-state index is 13.6. The summed E-state index contributed by atoms with van der Waals surface area (Å²) in [5.74, 6) is -0.586. The molecule has 4 aromatic carbocycles. The summed E-state index contributed by atoms with van der Waals surface area (Å²) >= 11 is 0. The van der Waals surface area contributed by atoms with Gasteiger partial charge in [0.15, 0.2) is 5.69 Å². The quantitative estimate of drug-likeness (QED) is 0.255. The summed E-state index contributed by atoms with van der Waals surface area (Å²) in [6, 6.07) is 34.4. The molecule has 45 heavy (non-hydrogen) atoms. The highest BCUT2D eigenvalue weighted by Gasteiger charge is 2.29. The fourth-order valence-corrected chi connectivity index (χ4v) is 5.77. The second-order valence-electron chi connectivity index (χ2n) is 11.1. The van der Waals surface area contributed by atoms with Crippen LogP contribution in [-0.2, 0) is 17.9 Å². The second-order valence-corrected chi connectivity index (χ2v) is 11.1. The van der Waals surface area contributed by atoms with Crippen molar-refractivity contribution in [3.8, 4) is 5.69 Å². The van der Waals surface area contributed by atoms with E-state index in [1.165, 1.54) is 4.90 Å². The summed E-state index contributed by atoms with van der Waals surface area (Å²) in [5, 5.41) is 8.58. The Balaban J connectivity index is 1.12. The summed E-state index contributed by atoms with van der Waals surface area (Å²) in [7, 11) is 1.64. The molecule has 0 fully saturated rings. The van der Waals surface area contributed by atoms with Crippen molar-refractivity contribution in [3.05, 3.63) is 144 Å². The third-order valence-electron chi connectivity index (χ3n) is 8.05. The Kier molecular flexibility index (Phi) is 7.19. The molecule has 9 heteroatoms. The molecule has 6 aromatic rings. The van der Waals surface area contributed by atoms with Gasteiger partial charge in [-0.2, -0.15) is 5.10 Å². The smallest absolute Gasteiger partial charge is 0.276 e. The van der Waals surface area contributed by atoms with Crippen LogP contribution in [0.25, 0.3) is 16.6 Å². The van der Waals surface area contributed by atoms with Gasteiger partial charge in [-0.05, 0) is 53.6 Å². The van der Waals surface area contributed by atoms with Gasteiger partial charge in [-0.25, -0.2) is 0 Å². The molecule has 2 aromatic heterocycles. The van der Waals surface area contributed by atoms with E-state index in [0.29, 0.717) is 35.7 Å². The Labute approximate surface area is 259 Å². The van der Waals surface area contributed by atoms with Crippen LogP contribution in [-0.4, -0.2) is 50.6 Å². The SMILES string of the molecule is CN1CC(=O)N(Cc2ccc(Cn3nc(C(=O)Nc4ccccc4-n4cccc4)c4ccccc43)cc2)c2ccccc2C1=O. The Morgan fingerprint density at radius 3 is 2.18 bits per heavy atom. The lowest BCUT2D eigenvalue weighted by atomic mass is 10.1. The third-order valence-corrected chi connectivity index (χ3v) is 8.05. The van der Waals surface area contributed by atoms with Gasteiger partial charge in [0.2, 0.25) is 5.91 Å². The number of carbonyl (C=O) groups is 3. The molecule has 3 heterocycles. The lowest BCUT2D eigenvalue weighted by molar-refractivity contribution is -0.119. The number of likely N-dealkylation sites (N-methyl/N-ethyl adjacent to an activating group) is 1. The number of carbonyl (C=O) groups excluding carboxylic acids is 3. The van der Waals surface area contributed by atoms with Crippen molar-refractivity contribution < 1.29 is 14.4 Å². The normalized spacial score (nSPS) is 13.2. The van der Waals surface area contributed by atoms with Gasteiger partial charge >= 0.3 is 0 Å². The molecule has 0 unspecified atom stereocenters. The molecule has 1 aliphatic heterocycles. The van der Waals surface area contributed by atoms with E-state index in [9.17, 15) is 14.4 Å². The van der Waals surface area contributed by atoms with Crippen molar-refractivity contribution in [2.45, 2.75) is 13.1 Å². The number of nitrogens with one attached hydrogen (secondary N) is 1. The highest BCUT2D eigenvalue weighted by molar-refractivity contribution is 6.12. The first kappa shape index (κ1) is 27.8. The van der Waals surface area contributed by atoms with Gasteiger partial charge in [-0.15, -0.1) is 0 Å². The molecule has 1 N–H and O–H groups in total. The van der Waals surface area contributed by atoms with E-state index < -0.39 is 0 Å². The molecule has 3 amide bonds. The maximum absolute atomic E-state index is 13.6. The lowest BCUT2D eigenvalue weighted by Gasteiger charge is -2.22. The van der Waals surface area contributed by atoms with Gasteiger partial charge in [-0.3, -0.25) is 19.1 Å². The van der Waals surface area contributed by atoms with Crippen LogP contribution in [0.4, 0.5) is 11.4 Å². The third kappa shape index (κ3) is 5.36. The Morgan fingerprint density at radius 2 is 1.40 bits per heavy atom. The Hall–Kier alpha value is -5.96. The van der Waals surface area contributed by atoms with E-state index in [1.54, 1.807) is 18.0 Å². The fraction of sp³-hybridized carbons (Fsp3) is 0.111. The minimum atomic E-state index is -0.286. The van der Waals surface area contributed by atoms with Gasteiger partial charge in [0.1, 0.15) is 6.54 Å². The van der Waals surface area contributed by atoms with Crippen LogP contribution >= 0.6 is 0 Å². The summed E-state index contributed by atoms with van der Waals surface area (Å²) in [6.45, 7) is 0.821. The molecular formula is C36H30N6O3. The monoisotopic (exact) mass is 594 g/mol. The molecule has 0 bridgehead atoms. The minimum Gasteiger partial charge on any atom is -0.332 e. The molecule has 0 spiro atoms. The zero-order valence-corrected chi connectivity index (χ0v) is 24.6. The Bertz CT molecular complexity index is 2050. The second kappa shape index (κ2) is 11.6. The van der Waals surface area contributed by atoms with Crippen LogP contribution in [0.5, 0.6) is 0 Å². The molecule has 0 aliphatic carbocycles. The summed E-state index contributed by atoms with van der Waals surface area (Å²) in [6.07, 6.45) is 3.87. The predicted octanol–water partition coefficient (Wildman–Crippen LogP) is 5.75. The first-order valence-corrected chi connectivity index (χ1v) is 14.7. The number of hydrogen-bond donors (Lipinski definition) is 1. The van der Waals surface area contributed by atoms with Crippen molar-refractivity contribution in [3.63, 3.8) is 0 Å². The topological polar surface area (TPSA) is 92.5 Å². The highest BCUT2D eigenvalue weighted by Crippen LogP contribution is 2.28. The standard InChI is InChI=1S/C36H30N6O3/c1-39-24-33(43)41(30-13-5-3-11-28(30)36(39)45)22-25-16-18-26(19-17-25)23-42-31-14-6-2-10-27(31)34(38-42)35(44)37-29-12-4-7-15-32(29)40-20-8-9-21-40/h2-21H,22-24H2,1H3,(H,37,44). The van der Waals surface area contributed by atoms with E-state index >= 15 is 0 Å². The van der Waals surface area contributed by atoms with E-state index in [0.717, 1.165) is 27.7 Å². The fourth-order valence-electron chi connectivity index (χ4n) is 5.77. The zero-order chi connectivity index (χ0) is 30.9. The van der Waals surface area contributed by atoms with Crippen LogP contribution in [0, 0.1) is 0 Å². The van der Waals surface area contributed by atoms with Gasteiger partial charge in [-0.1, -0.05) is 66.7 Å². The first-order valence-electron chi connectivity index (χ1n) is 14.7. The molecule has 1 aliphatic rings. The maximum Gasteiger partial charge on any atom is 0.276 e. The first-order chi connectivity index (χ1) is 22.0. The predicted molar refractivity (Wildman–Crippen MR) is 174 cm³/mol. The van der Waals surface area contributed by atoms with Crippen molar-refractivity contribution in [1.82, 2.24) is 19.2 Å². The van der Waals surface area contributed by atoms with Gasteiger partial charge in [0.25, 0.3) is 11.8 Å². The molecule has 0 radical (unpaired) electrons.